The van der Waals surface area contributed by atoms with E-state index >= 15 is 0 Å². The number of hydrogen-bond acceptors (Lipinski definition) is 6. The highest BCUT2D eigenvalue weighted by Gasteiger charge is 2.07. The van der Waals surface area contributed by atoms with Gasteiger partial charge in [0.05, 0.1) is 10.7 Å². The first-order valence-corrected chi connectivity index (χ1v) is 9.01. The lowest BCUT2D eigenvalue weighted by Crippen LogP contribution is -2.22. The van der Waals surface area contributed by atoms with Crippen LogP contribution in [0.1, 0.15) is 12.5 Å². The van der Waals surface area contributed by atoms with E-state index in [1.165, 1.54) is 6.07 Å². The Kier molecular flexibility index (Phi) is 8.38. The molecule has 0 aromatic heterocycles. The zero-order valence-electron chi connectivity index (χ0n) is 14.7. The Hall–Kier alpha value is -2.48. The molecule has 7 nitrogen and oxygen atoms in total. The van der Waals surface area contributed by atoms with Gasteiger partial charge < -0.3 is 20.1 Å². The van der Waals surface area contributed by atoms with Crippen LogP contribution < -0.4 is 10.5 Å². The molecule has 2 aromatic carbocycles. The fourth-order valence-electron chi connectivity index (χ4n) is 1.83. The predicted octanol–water partition coefficient (Wildman–Crippen LogP) is 4.28. The van der Waals surface area contributed by atoms with Crippen LogP contribution in [0.3, 0.4) is 0 Å². The molecule has 148 valence electrons. The largest absolute Gasteiger partial charge is 0.484 e. The Bertz CT molecular complexity index is 886. The second-order valence-corrected chi connectivity index (χ2v) is 6.65. The molecular formula is C18H16Cl3N3O4. The van der Waals surface area contributed by atoms with Gasteiger partial charge >= 0.3 is 5.97 Å². The topological polar surface area (TPSA) is 95.5 Å². The van der Waals surface area contributed by atoms with E-state index in [-0.39, 0.29) is 12.4 Å². The number of ether oxygens (including phenoxy) is 1. The summed E-state index contributed by atoms with van der Waals surface area (Å²) >= 11 is 17.6. The summed E-state index contributed by atoms with van der Waals surface area (Å²) in [6.45, 7) is 1.15. The lowest BCUT2D eigenvalue weighted by atomic mass is 10.1. The second-order valence-electron chi connectivity index (χ2n) is 5.37. The van der Waals surface area contributed by atoms with Crippen molar-refractivity contribution in [1.29, 1.82) is 0 Å². The molecule has 0 saturated carbocycles. The number of nitrogens with two attached hydrogens (primary N) is 1. The summed E-state index contributed by atoms with van der Waals surface area (Å²) in [5.74, 6) is -0.480. The van der Waals surface area contributed by atoms with E-state index in [1.807, 2.05) is 0 Å². The molecule has 0 aliphatic heterocycles. The zero-order chi connectivity index (χ0) is 20.5. The Morgan fingerprint density at radius 2 is 1.68 bits per heavy atom. The molecule has 0 heterocycles. The van der Waals surface area contributed by atoms with E-state index in [9.17, 15) is 4.79 Å². The van der Waals surface area contributed by atoms with Gasteiger partial charge in [-0.3, -0.25) is 0 Å². The van der Waals surface area contributed by atoms with Crippen LogP contribution in [0, 0.1) is 0 Å². The van der Waals surface area contributed by atoms with Crippen molar-refractivity contribution in [2.24, 2.45) is 16.0 Å². The van der Waals surface area contributed by atoms with Crippen LogP contribution in [0.4, 0.5) is 0 Å². The molecule has 0 amide bonds. The molecule has 0 radical (unpaired) electrons. The average Bonchev–Trinajstić information content (AvgIpc) is 2.66. The first-order chi connectivity index (χ1) is 13.3. The number of carbonyl (C=O) groups excluding carboxylic acids is 1. The molecule has 0 aliphatic carbocycles. The second kappa shape index (κ2) is 10.8. The highest BCUT2D eigenvalue weighted by Crippen LogP contribution is 2.27. The van der Waals surface area contributed by atoms with Crippen LogP contribution in [-0.4, -0.2) is 30.7 Å². The maximum atomic E-state index is 11.6. The van der Waals surface area contributed by atoms with Gasteiger partial charge in [0.25, 0.3) is 0 Å². The summed E-state index contributed by atoms with van der Waals surface area (Å²) in [5.41, 5.74) is 6.99. The summed E-state index contributed by atoms with van der Waals surface area (Å²) in [4.78, 5) is 21.2. The van der Waals surface area contributed by atoms with Crippen molar-refractivity contribution in [2.75, 3.05) is 13.2 Å². The molecule has 28 heavy (non-hydrogen) atoms. The third-order valence-corrected chi connectivity index (χ3v) is 3.96. The quantitative estimate of drug-likeness (QED) is 0.284. The van der Waals surface area contributed by atoms with Gasteiger partial charge in [-0.05, 0) is 42.8 Å². The maximum absolute atomic E-state index is 11.6. The first-order valence-electron chi connectivity index (χ1n) is 7.87. The number of amidine groups is 1. The van der Waals surface area contributed by atoms with Crippen LogP contribution in [0.15, 0.2) is 52.8 Å². The summed E-state index contributed by atoms with van der Waals surface area (Å²) in [7, 11) is 0. The monoisotopic (exact) mass is 443 g/mol. The van der Waals surface area contributed by atoms with Gasteiger partial charge in [-0.15, -0.1) is 0 Å². The Morgan fingerprint density at radius 3 is 2.36 bits per heavy atom. The standard InChI is InChI=1S/C18H16Cl3N3O4/c1-11(12-2-4-13(19)5-3-12)23-27-10-18(25)28-24-17(22)9-26-16-7-6-14(20)8-15(16)21/h2-8H,9-10H2,1H3,(H2,22,24)/b23-11+. The number of nitrogens with zero attached hydrogens (tertiary/aromatic N) is 2. The van der Waals surface area contributed by atoms with Crippen molar-refractivity contribution in [1.82, 2.24) is 0 Å². The van der Waals surface area contributed by atoms with Crippen molar-refractivity contribution in [3.63, 3.8) is 0 Å². The van der Waals surface area contributed by atoms with E-state index in [1.54, 1.807) is 43.3 Å². The molecule has 10 heteroatoms. The van der Waals surface area contributed by atoms with Crippen molar-refractivity contribution < 1.29 is 19.2 Å². The van der Waals surface area contributed by atoms with Gasteiger partial charge in [-0.25, -0.2) is 4.79 Å². The van der Waals surface area contributed by atoms with Crippen molar-refractivity contribution in [2.45, 2.75) is 6.92 Å². The summed E-state index contributed by atoms with van der Waals surface area (Å²) in [5, 5.41) is 8.69. The summed E-state index contributed by atoms with van der Waals surface area (Å²) in [6, 6.07) is 11.7. The summed E-state index contributed by atoms with van der Waals surface area (Å²) < 4.78 is 5.36. The van der Waals surface area contributed by atoms with Gasteiger partial charge in [0, 0.05) is 10.0 Å². The maximum Gasteiger partial charge on any atom is 0.374 e. The minimum absolute atomic E-state index is 0.0692. The van der Waals surface area contributed by atoms with Gasteiger partial charge in [0.2, 0.25) is 6.61 Å². The Morgan fingerprint density at radius 1 is 1.00 bits per heavy atom. The van der Waals surface area contributed by atoms with E-state index in [4.69, 9.17) is 50.1 Å². The van der Waals surface area contributed by atoms with Crippen molar-refractivity contribution in [3.05, 3.63) is 63.1 Å². The molecule has 2 aromatic rings. The van der Waals surface area contributed by atoms with Crippen LogP contribution >= 0.6 is 34.8 Å². The smallest absolute Gasteiger partial charge is 0.374 e. The van der Waals surface area contributed by atoms with E-state index in [0.717, 1.165) is 5.56 Å². The highest BCUT2D eigenvalue weighted by atomic mass is 35.5. The lowest BCUT2D eigenvalue weighted by molar-refractivity contribution is -0.149. The van der Waals surface area contributed by atoms with Gasteiger partial charge in [0.1, 0.15) is 12.4 Å². The van der Waals surface area contributed by atoms with E-state index in [0.29, 0.717) is 26.5 Å². The third kappa shape index (κ3) is 7.26. The van der Waals surface area contributed by atoms with Gasteiger partial charge in [-0.1, -0.05) is 57.2 Å². The molecule has 2 N–H and O–H groups in total. The van der Waals surface area contributed by atoms with Crippen LogP contribution in [0.5, 0.6) is 5.75 Å². The Balaban J connectivity index is 1.75. The molecule has 0 bridgehead atoms. The zero-order valence-corrected chi connectivity index (χ0v) is 17.0. The molecule has 0 saturated heterocycles. The fraction of sp³-hybridized carbons (Fsp3) is 0.167. The predicted molar refractivity (Wildman–Crippen MR) is 109 cm³/mol. The normalized spacial score (nSPS) is 11.9. The number of hydrogen-bond donors (Lipinski definition) is 1. The SMILES string of the molecule is C/C(=N\OCC(=O)O/N=C(\N)COc1ccc(Cl)cc1Cl)c1ccc(Cl)cc1. The number of rotatable bonds is 8. The van der Waals surface area contributed by atoms with Crippen LogP contribution in [-0.2, 0) is 14.5 Å². The minimum atomic E-state index is -0.778. The Labute approximate surface area is 176 Å². The molecule has 0 unspecified atom stereocenters. The first kappa shape index (κ1) is 21.8. The molecule has 2 rings (SSSR count). The minimum Gasteiger partial charge on any atom is -0.484 e. The highest BCUT2D eigenvalue weighted by molar-refractivity contribution is 6.35. The molecular weight excluding hydrogens is 429 g/mol. The number of benzene rings is 2. The van der Waals surface area contributed by atoms with E-state index in [2.05, 4.69) is 15.1 Å². The van der Waals surface area contributed by atoms with E-state index < -0.39 is 12.6 Å². The molecule has 0 atom stereocenters. The molecule has 0 spiro atoms. The third-order valence-electron chi connectivity index (χ3n) is 3.18. The lowest BCUT2D eigenvalue weighted by Gasteiger charge is -2.07. The fourth-order valence-corrected chi connectivity index (χ4v) is 2.42. The van der Waals surface area contributed by atoms with Crippen molar-refractivity contribution >= 4 is 52.3 Å². The van der Waals surface area contributed by atoms with Crippen LogP contribution in [0.2, 0.25) is 15.1 Å². The van der Waals surface area contributed by atoms with Gasteiger partial charge in [-0.2, -0.15) is 0 Å². The summed E-state index contributed by atoms with van der Waals surface area (Å²) in [6.07, 6.45) is 0. The number of halogens is 3. The van der Waals surface area contributed by atoms with Gasteiger partial charge in [0.15, 0.2) is 5.84 Å². The number of carbonyl (C=O) groups is 1. The molecule has 0 fully saturated rings. The van der Waals surface area contributed by atoms with Crippen molar-refractivity contribution in [3.8, 4) is 5.75 Å². The van der Waals surface area contributed by atoms with Crippen LogP contribution in [0.25, 0.3) is 0 Å². The average molecular weight is 445 g/mol. The molecule has 0 aliphatic rings. The number of oxime groups is 2.